The number of hydrogen-bond donors (Lipinski definition) is 1. The van der Waals surface area contributed by atoms with Gasteiger partial charge in [0, 0.05) is 30.9 Å². The van der Waals surface area contributed by atoms with Gasteiger partial charge in [0.1, 0.15) is 0 Å². The van der Waals surface area contributed by atoms with Crippen LogP contribution in [0.3, 0.4) is 0 Å². The zero-order chi connectivity index (χ0) is 22.0. The molecule has 1 amide bonds. The van der Waals surface area contributed by atoms with Crippen molar-refractivity contribution >= 4 is 16.8 Å². The summed E-state index contributed by atoms with van der Waals surface area (Å²) in [5, 5.41) is 8.51. The number of carbonyl (C=O) groups is 1. The monoisotopic (exact) mass is 412 g/mol. The van der Waals surface area contributed by atoms with E-state index in [-0.39, 0.29) is 11.3 Å². The minimum atomic E-state index is -0.0817. The second-order valence-electron chi connectivity index (χ2n) is 8.95. The fraction of sp³-hybridized carbons (Fsp3) is 0.269. The van der Waals surface area contributed by atoms with Crippen LogP contribution >= 0.6 is 0 Å². The van der Waals surface area contributed by atoms with Gasteiger partial charge >= 0.3 is 0 Å². The molecule has 2 aromatic heterocycles. The Morgan fingerprint density at radius 1 is 1.00 bits per heavy atom. The smallest absolute Gasteiger partial charge is 0.252 e. The van der Waals surface area contributed by atoms with E-state index >= 15 is 0 Å². The lowest BCUT2D eigenvalue weighted by Gasteiger charge is -2.25. The first-order valence-electron chi connectivity index (χ1n) is 10.5. The molecule has 0 unspecified atom stereocenters. The van der Waals surface area contributed by atoms with Crippen LogP contribution in [0, 0.1) is 12.3 Å². The third-order valence-corrected chi connectivity index (χ3v) is 5.62. The van der Waals surface area contributed by atoms with Gasteiger partial charge < -0.3 is 5.32 Å². The molecular formula is C26H28N4O. The summed E-state index contributed by atoms with van der Waals surface area (Å²) in [5.41, 5.74) is 6.19. The first kappa shape index (κ1) is 20.8. The minimum Gasteiger partial charge on any atom is -0.351 e. The molecule has 0 saturated carbocycles. The largest absolute Gasteiger partial charge is 0.351 e. The number of fused-ring (bicyclic) bond motifs is 1. The van der Waals surface area contributed by atoms with Gasteiger partial charge in [-0.3, -0.25) is 14.5 Å². The van der Waals surface area contributed by atoms with Crippen LogP contribution in [0.5, 0.6) is 0 Å². The zero-order valence-corrected chi connectivity index (χ0v) is 18.5. The Labute approximate surface area is 183 Å². The van der Waals surface area contributed by atoms with Gasteiger partial charge in [-0.1, -0.05) is 44.2 Å². The molecule has 0 spiro atoms. The maximum atomic E-state index is 12.4. The van der Waals surface area contributed by atoms with Crippen LogP contribution in [0.25, 0.3) is 22.0 Å². The molecule has 0 bridgehead atoms. The van der Waals surface area contributed by atoms with E-state index in [9.17, 15) is 4.79 Å². The van der Waals surface area contributed by atoms with Crippen LogP contribution in [0.2, 0.25) is 0 Å². The lowest BCUT2D eigenvalue weighted by Crippen LogP contribution is -2.35. The molecule has 4 rings (SSSR count). The van der Waals surface area contributed by atoms with Crippen molar-refractivity contribution in [2.24, 2.45) is 12.5 Å². The van der Waals surface area contributed by atoms with E-state index in [1.54, 1.807) is 6.20 Å². The van der Waals surface area contributed by atoms with Crippen molar-refractivity contribution in [2.45, 2.75) is 27.2 Å². The number of pyridine rings is 1. The Balaban J connectivity index is 1.40. The predicted molar refractivity (Wildman–Crippen MR) is 125 cm³/mol. The molecule has 0 aliphatic rings. The fourth-order valence-corrected chi connectivity index (χ4v) is 3.80. The molecule has 158 valence electrons. The molecule has 4 aromatic rings. The highest BCUT2D eigenvalue weighted by Crippen LogP contribution is 2.27. The van der Waals surface area contributed by atoms with Crippen LogP contribution in [-0.2, 0) is 13.5 Å². The summed E-state index contributed by atoms with van der Waals surface area (Å²) in [5.74, 6) is -0.0817. The average Bonchev–Trinajstić information content (AvgIpc) is 3.13. The van der Waals surface area contributed by atoms with E-state index in [1.807, 2.05) is 37.0 Å². The summed E-state index contributed by atoms with van der Waals surface area (Å²) >= 11 is 0. The predicted octanol–water partition coefficient (Wildman–Crippen LogP) is 4.94. The van der Waals surface area contributed by atoms with Gasteiger partial charge in [-0.25, -0.2) is 0 Å². The van der Waals surface area contributed by atoms with Crippen LogP contribution < -0.4 is 5.32 Å². The van der Waals surface area contributed by atoms with Crippen LogP contribution in [0.1, 0.15) is 35.5 Å². The highest BCUT2D eigenvalue weighted by Gasteiger charge is 2.20. The molecule has 0 atom stereocenters. The number of benzene rings is 2. The lowest BCUT2D eigenvalue weighted by atomic mass is 9.85. The molecule has 2 aromatic carbocycles. The van der Waals surface area contributed by atoms with Gasteiger partial charge in [0.2, 0.25) is 0 Å². The molecular weight excluding hydrogens is 384 g/mol. The maximum Gasteiger partial charge on any atom is 0.252 e. The number of aromatic nitrogens is 3. The summed E-state index contributed by atoms with van der Waals surface area (Å²) in [6, 6.07) is 18.8. The standard InChI is InChI=1S/C26H28N4O/c1-18-5-8-22(15-27-18)25(31)28-17-26(2,3)14-19-6-9-20(10-7-19)21-11-12-24-23(13-21)16-29-30(24)4/h5-13,15-16H,14,17H2,1-4H3,(H,28,31). The number of nitrogens with one attached hydrogen (secondary N) is 1. The molecule has 0 aliphatic heterocycles. The van der Waals surface area contributed by atoms with Crippen molar-refractivity contribution in [3.8, 4) is 11.1 Å². The molecule has 5 nitrogen and oxygen atoms in total. The normalized spacial score (nSPS) is 11.6. The SMILES string of the molecule is Cc1ccc(C(=O)NCC(C)(C)Cc2ccc(-c3ccc4c(cnn4C)c3)cc2)cn1. The first-order chi connectivity index (χ1) is 14.8. The second kappa shape index (κ2) is 8.34. The van der Waals surface area contributed by atoms with Crippen molar-refractivity contribution in [3.05, 3.63) is 83.8 Å². The number of hydrogen-bond acceptors (Lipinski definition) is 3. The summed E-state index contributed by atoms with van der Waals surface area (Å²) in [6.07, 6.45) is 4.40. The summed E-state index contributed by atoms with van der Waals surface area (Å²) < 4.78 is 1.89. The van der Waals surface area contributed by atoms with E-state index in [4.69, 9.17) is 0 Å². The van der Waals surface area contributed by atoms with E-state index in [0.29, 0.717) is 12.1 Å². The average molecular weight is 413 g/mol. The van der Waals surface area contributed by atoms with Crippen molar-refractivity contribution in [3.63, 3.8) is 0 Å². The van der Waals surface area contributed by atoms with Crippen LogP contribution in [0.15, 0.2) is 67.0 Å². The van der Waals surface area contributed by atoms with Gasteiger partial charge in [0.15, 0.2) is 0 Å². The highest BCUT2D eigenvalue weighted by atomic mass is 16.1. The first-order valence-corrected chi connectivity index (χ1v) is 10.5. The van der Waals surface area contributed by atoms with Crippen LogP contribution in [0.4, 0.5) is 0 Å². The Kier molecular flexibility index (Phi) is 5.59. The highest BCUT2D eigenvalue weighted by molar-refractivity contribution is 5.93. The van der Waals surface area contributed by atoms with Crippen molar-refractivity contribution in [1.82, 2.24) is 20.1 Å². The van der Waals surface area contributed by atoms with Gasteiger partial charge in [-0.15, -0.1) is 0 Å². The summed E-state index contributed by atoms with van der Waals surface area (Å²) in [4.78, 5) is 16.6. The molecule has 31 heavy (non-hydrogen) atoms. The fourth-order valence-electron chi connectivity index (χ4n) is 3.80. The van der Waals surface area contributed by atoms with Gasteiger partial charge in [0.25, 0.3) is 5.91 Å². The maximum absolute atomic E-state index is 12.4. The number of carbonyl (C=O) groups excluding carboxylic acids is 1. The topological polar surface area (TPSA) is 59.8 Å². The summed E-state index contributed by atoms with van der Waals surface area (Å²) in [6.45, 7) is 6.85. The third kappa shape index (κ3) is 4.82. The Morgan fingerprint density at radius 3 is 2.45 bits per heavy atom. The number of rotatable bonds is 6. The number of amides is 1. The lowest BCUT2D eigenvalue weighted by molar-refractivity contribution is 0.0936. The van der Waals surface area contributed by atoms with Gasteiger partial charge in [-0.05, 0) is 59.7 Å². The number of aryl methyl sites for hydroxylation is 2. The molecule has 1 N–H and O–H groups in total. The van der Waals surface area contributed by atoms with E-state index in [1.165, 1.54) is 16.7 Å². The van der Waals surface area contributed by atoms with E-state index < -0.39 is 0 Å². The molecule has 0 aliphatic carbocycles. The zero-order valence-electron chi connectivity index (χ0n) is 18.5. The third-order valence-electron chi connectivity index (χ3n) is 5.62. The van der Waals surface area contributed by atoms with E-state index in [0.717, 1.165) is 23.0 Å². The molecule has 0 saturated heterocycles. The van der Waals surface area contributed by atoms with Crippen molar-refractivity contribution in [2.75, 3.05) is 6.54 Å². The Hall–Kier alpha value is -3.47. The van der Waals surface area contributed by atoms with Gasteiger partial charge in [0.05, 0.1) is 17.3 Å². The van der Waals surface area contributed by atoms with Crippen LogP contribution in [-0.4, -0.2) is 27.2 Å². The van der Waals surface area contributed by atoms with Crippen molar-refractivity contribution in [1.29, 1.82) is 0 Å². The minimum absolute atomic E-state index is 0.0656. The second-order valence-corrected chi connectivity index (χ2v) is 8.95. The summed E-state index contributed by atoms with van der Waals surface area (Å²) in [7, 11) is 1.96. The van der Waals surface area contributed by atoms with E-state index in [2.05, 4.69) is 71.7 Å². The Bertz CT molecular complexity index is 1200. The van der Waals surface area contributed by atoms with Crippen molar-refractivity contribution < 1.29 is 4.79 Å². The molecule has 0 fully saturated rings. The molecule has 2 heterocycles. The Morgan fingerprint density at radius 2 is 1.74 bits per heavy atom. The number of nitrogens with zero attached hydrogens (tertiary/aromatic N) is 3. The molecule has 5 heteroatoms. The molecule has 0 radical (unpaired) electrons. The quantitative estimate of drug-likeness (QED) is 0.488. The van der Waals surface area contributed by atoms with Gasteiger partial charge in [-0.2, -0.15) is 5.10 Å².